The fourth-order valence-electron chi connectivity index (χ4n) is 5.44. The standard InChI is InChI=1S/C26H26ClN5/c27-18-8-11-23-22(13-18)25(31-24-7-4-12-28-26(24)30-23)29-19-14-20-9-10-21(15-19)32(20)16-17-5-2-1-3-6-17/h1-8,11-13,19-21H,9-10,14-16H2,(H,28,30)(H,29,31)/t19?,20-,21+. The van der Waals surface area contributed by atoms with Crippen LogP contribution >= 0.6 is 11.6 Å². The Labute approximate surface area is 193 Å². The van der Waals surface area contributed by atoms with Crippen LogP contribution in [0.5, 0.6) is 0 Å². The van der Waals surface area contributed by atoms with Gasteiger partial charge in [0.2, 0.25) is 0 Å². The van der Waals surface area contributed by atoms with Crippen molar-refractivity contribution in [3.63, 3.8) is 0 Å². The van der Waals surface area contributed by atoms with Crippen molar-refractivity contribution in [3.05, 3.63) is 83.0 Å². The molecule has 3 aliphatic rings. The number of nitrogens with zero attached hydrogens (tertiary/aromatic N) is 3. The van der Waals surface area contributed by atoms with E-state index in [0.29, 0.717) is 23.1 Å². The lowest BCUT2D eigenvalue weighted by atomic mass is 9.96. The smallest absolute Gasteiger partial charge is 0.154 e. The number of aliphatic imine (C=N–C) groups is 1. The van der Waals surface area contributed by atoms with Crippen molar-refractivity contribution in [2.45, 2.75) is 50.4 Å². The predicted octanol–water partition coefficient (Wildman–Crippen LogP) is 5.85. The average molecular weight is 444 g/mol. The molecule has 2 fully saturated rings. The Balaban J connectivity index is 1.29. The minimum Gasteiger partial charge on any atom is -0.338 e. The molecule has 3 aromatic rings. The number of amidine groups is 1. The largest absolute Gasteiger partial charge is 0.338 e. The molecule has 6 rings (SSSR count). The van der Waals surface area contributed by atoms with Crippen molar-refractivity contribution in [2.75, 3.05) is 10.6 Å². The summed E-state index contributed by atoms with van der Waals surface area (Å²) >= 11 is 6.37. The monoisotopic (exact) mass is 443 g/mol. The lowest BCUT2D eigenvalue weighted by Gasteiger charge is -2.38. The molecule has 3 aliphatic heterocycles. The second-order valence-corrected chi connectivity index (χ2v) is 9.42. The van der Waals surface area contributed by atoms with Gasteiger partial charge in [-0.3, -0.25) is 9.89 Å². The van der Waals surface area contributed by atoms with E-state index < -0.39 is 0 Å². The van der Waals surface area contributed by atoms with Gasteiger partial charge in [-0.05, 0) is 61.6 Å². The topological polar surface area (TPSA) is 52.5 Å². The molecule has 2 N–H and O–H groups in total. The van der Waals surface area contributed by atoms with Crippen LogP contribution in [0.15, 0.2) is 71.9 Å². The first-order valence-corrected chi connectivity index (χ1v) is 11.8. The van der Waals surface area contributed by atoms with Crippen LogP contribution < -0.4 is 10.6 Å². The van der Waals surface area contributed by atoms with Gasteiger partial charge in [0.1, 0.15) is 5.84 Å². The number of pyridine rings is 1. The molecule has 0 saturated carbocycles. The van der Waals surface area contributed by atoms with Gasteiger partial charge in [-0.15, -0.1) is 0 Å². The van der Waals surface area contributed by atoms with Gasteiger partial charge in [-0.1, -0.05) is 41.9 Å². The van der Waals surface area contributed by atoms with Crippen molar-refractivity contribution in [1.29, 1.82) is 0 Å². The summed E-state index contributed by atoms with van der Waals surface area (Å²) in [6.07, 6.45) is 6.52. The van der Waals surface area contributed by atoms with E-state index in [1.807, 2.05) is 30.3 Å². The number of hydrogen-bond donors (Lipinski definition) is 2. The van der Waals surface area contributed by atoms with Crippen LogP contribution in [0.2, 0.25) is 5.02 Å². The highest BCUT2D eigenvalue weighted by Gasteiger charge is 2.40. The molecule has 32 heavy (non-hydrogen) atoms. The summed E-state index contributed by atoms with van der Waals surface area (Å²) in [4.78, 5) is 12.5. The van der Waals surface area contributed by atoms with E-state index in [0.717, 1.165) is 48.0 Å². The molecule has 5 nitrogen and oxygen atoms in total. The first-order valence-electron chi connectivity index (χ1n) is 11.4. The Morgan fingerprint density at radius 1 is 0.938 bits per heavy atom. The minimum atomic E-state index is 0.298. The lowest BCUT2D eigenvalue weighted by Crippen LogP contribution is -2.44. The van der Waals surface area contributed by atoms with Gasteiger partial charge < -0.3 is 10.6 Å². The van der Waals surface area contributed by atoms with Gasteiger partial charge in [-0.25, -0.2) is 4.98 Å². The third-order valence-electron chi connectivity index (χ3n) is 6.93. The number of nitrogens with one attached hydrogen (secondary N) is 2. The van der Waals surface area contributed by atoms with Crippen LogP contribution in [0.25, 0.3) is 0 Å². The van der Waals surface area contributed by atoms with E-state index in [1.54, 1.807) is 6.20 Å². The fraction of sp³-hybridized carbons (Fsp3) is 0.308. The van der Waals surface area contributed by atoms with Crippen molar-refractivity contribution in [1.82, 2.24) is 9.88 Å². The van der Waals surface area contributed by atoms with Gasteiger partial charge in [0.05, 0.1) is 17.4 Å². The number of aromatic nitrogens is 1. The van der Waals surface area contributed by atoms with Crippen LogP contribution in [0.1, 0.15) is 36.8 Å². The Hall–Kier alpha value is -2.89. The molecule has 0 amide bonds. The maximum Gasteiger partial charge on any atom is 0.154 e. The van der Waals surface area contributed by atoms with Gasteiger partial charge in [0.15, 0.2) is 5.82 Å². The fourth-order valence-corrected chi connectivity index (χ4v) is 5.61. The second kappa shape index (κ2) is 8.23. The molecule has 4 heterocycles. The number of rotatable bonds is 3. The third-order valence-corrected chi connectivity index (χ3v) is 7.16. The molecule has 3 atom stereocenters. The lowest BCUT2D eigenvalue weighted by molar-refractivity contribution is 0.120. The van der Waals surface area contributed by atoms with Crippen molar-refractivity contribution in [2.24, 2.45) is 4.99 Å². The summed E-state index contributed by atoms with van der Waals surface area (Å²) in [6.45, 7) is 1.04. The van der Waals surface area contributed by atoms with Gasteiger partial charge in [-0.2, -0.15) is 0 Å². The molecule has 0 aliphatic carbocycles. The summed E-state index contributed by atoms with van der Waals surface area (Å²) in [7, 11) is 0. The van der Waals surface area contributed by atoms with E-state index in [2.05, 4.69) is 50.8 Å². The highest BCUT2D eigenvalue weighted by molar-refractivity contribution is 6.31. The number of anilines is 3. The van der Waals surface area contributed by atoms with Gasteiger partial charge >= 0.3 is 0 Å². The third kappa shape index (κ3) is 3.76. The highest BCUT2D eigenvalue weighted by Crippen LogP contribution is 2.39. The Kier molecular flexibility index (Phi) is 5.08. The van der Waals surface area contributed by atoms with Gasteiger partial charge in [0, 0.05) is 35.4 Å². The molecule has 2 aromatic carbocycles. The number of piperidine rings is 1. The number of halogens is 1. The summed E-state index contributed by atoms with van der Waals surface area (Å²) in [5.74, 6) is 1.68. The molecule has 2 saturated heterocycles. The van der Waals surface area contributed by atoms with E-state index in [1.165, 1.54) is 18.4 Å². The zero-order valence-corrected chi connectivity index (χ0v) is 18.6. The number of hydrogen-bond acceptors (Lipinski definition) is 4. The minimum absolute atomic E-state index is 0.298. The summed E-state index contributed by atoms with van der Waals surface area (Å²) in [5.41, 5.74) is 4.30. The molecule has 0 spiro atoms. The van der Waals surface area contributed by atoms with Crippen molar-refractivity contribution in [3.8, 4) is 0 Å². The summed E-state index contributed by atoms with van der Waals surface area (Å²) in [6, 6.07) is 22.2. The molecular formula is C26H26ClN5. The first kappa shape index (κ1) is 19.8. The molecule has 1 aromatic heterocycles. The predicted molar refractivity (Wildman–Crippen MR) is 131 cm³/mol. The Bertz CT molecular complexity index is 1150. The molecule has 1 unspecified atom stereocenters. The van der Waals surface area contributed by atoms with Crippen molar-refractivity contribution >= 4 is 34.6 Å². The summed E-state index contributed by atoms with van der Waals surface area (Å²) in [5, 5.41) is 7.69. The first-order chi connectivity index (χ1) is 15.7. The second-order valence-electron chi connectivity index (χ2n) is 8.99. The van der Waals surface area contributed by atoms with E-state index in [9.17, 15) is 0 Å². The zero-order chi connectivity index (χ0) is 21.5. The normalized spacial score (nSPS) is 25.4. The highest BCUT2D eigenvalue weighted by atomic mass is 35.5. The Morgan fingerprint density at radius 3 is 2.56 bits per heavy atom. The maximum atomic E-state index is 6.37. The number of fused-ring (bicyclic) bond motifs is 4. The molecule has 2 bridgehead atoms. The molecule has 6 heteroatoms. The quantitative estimate of drug-likeness (QED) is 0.533. The molecular weight excluding hydrogens is 418 g/mol. The Morgan fingerprint density at radius 2 is 1.75 bits per heavy atom. The molecule has 162 valence electrons. The van der Waals surface area contributed by atoms with Crippen LogP contribution in [-0.2, 0) is 6.54 Å². The summed E-state index contributed by atoms with van der Waals surface area (Å²) < 4.78 is 0. The average Bonchev–Trinajstić information content (AvgIpc) is 2.97. The van der Waals surface area contributed by atoms with E-state index in [-0.39, 0.29) is 0 Å². The van der Waals surface area contributed by atoms with Crippen LogP contribution in [0.4, 0.5) is 17.2 Å². The van der Waals surface area contributed by atoms with Crippen LogP contribution in [0.3, 0.4) is 0 Å². The van der Waals surface area contributed by atoms with E-state index in [4.69, 9.17) is 16.6 Å². The number of benzene rings is 2. The van der Waals surface area contributed by atoms with Crippen molar-refractivity contribution < 1.29 is 0 Å². The maximum absolute atomic E-state index is 6.37. The van der Waals surface area contributed by atoms with Crippen LogP contribution in [0, 0.1) is 0 Å². The van der Waals surface area contributed by atoms with E-state index >= 15 is 0 Å². The van der Waals surface area contributed by atoms with Gasteiger partial charge in [0.25, 0.3) is 0 Å². The molecule has 0 radical (unpaired) electrons. The SMILES string of the molecule is Clc1ccc2c(c1)C(=NC1C[C@H]3CC[C@@H](C1)N3Cc1ccccc1)Nc1cccnc1N2. The zero-order valence-electron chi connectivity index (χ0n) is 17.8. The van der Waals surface area contributed by atoms with Crippen LogP contribution in [-0.4, -0.2) is 33.8 Å².